The third kappa shape index (κ3) is 1.71. The number of nitrogens with one attached hydrogen (secondary N) is 1. The van der Waals surface area contributed by atoms with Crippen molar-refractivity contribution in [3.63, 3.8) is 0 Å². The van der Waals surface area contributed by atoms with Crippen LogP contribution in [0.4, 0.5) is 0 Å². The lowest BCUT2D eigenvalue weighted by Gasteiger charge is -2.36. The van der Waals surface area contributed by atoms with Crippen molar-refractivity contribution in [3.8, 4) is 0 Å². The standard InChI is InChI=1S/C26H19N3O5/c1-25-26(33,24(31)32)10-17(34-25)28-15-8-4-2-6-12(15)19-20-14(11-27-23(20)30)18-13-7-3-5-9-16(13)29(25)22(18)21(19)28/h2-9,17,33H,10-11H2,1H3,(H,27,30)(H,31,32)/t17-,25-,26+/m1/s1. The number of ether oxygens (including phenoxy) is 1. The minimum Gasteiger partial charge on any atom is -0.479 e. The van der Waals surface area contributed by atoms with Crippen LogP contribution in [0.25, 0.3) is 43.6 Å². The molecule has 3 aliphatic heterocycles. The molecule has 34 heavy (non-hydrogen) atoms. The number of amides is 1. The highest BCUT2D eigenvalue weighted by atomic mass is 16.6. The minimum absolute atomic E-state index is 0.111. The smallest absolute Gasteiger partial charge is 0.341 e. The molecule has 5 aromatic rings. The number of carbonyl (C=O) groups is 2. The van der Waals surface area contributed by atoms with Crippen LogP contribution in [0.5, 0.6) is 0 Å². The Kier molecular flexibility index (Phi) is 2.96. The van der Waals surface area contributed by atoms with E-state index in [-0.39, 0.29) is 12.3 Å². The topological polar surface area (TPSA) is 106 Å². The van der Waals surface area contributed by atoms with E-state index in [1.807, 2.05) is 57.7 Å². The average molecular weight is 453 g/mol. The average Bonchev–Trinajstić information content (AvgIpc) is 3.51. The van der Waals surface area contributed by atoms with Gasteiger partial charge in [-0.15, -0.1) is 0 Å². The van der Waals surface area contributed by atoms with Gasteiger partial charge in [0.25, 0.3) is 5.91 Å². The second kappa shape index (κ2) is 5.43. The van der Waals surface area contributed by atoms with Gasteiger partial charge in [-0.25, -0.2) is 4.79 Å². The molecular formula is C26H19N3O5. The van der Waals surface area contributed by atoms with Crippen LogP contribution in [0.1, 0.15) is 35.5 Å². The predicted octanol–water partition coefficient (Wildman–Crippen LogP) is 3.57. The summed E-state index contributed by atoms with van der Waals surface area (Å²) >= 11 is 0. The van der Waals surface area contributed by atoms with Crippen molar-refractivity contribution in [3.05, 3.63) is 59.7 Å². The number of fused-ring (bicyclic) bond motifs is 13. The maximum absolute atomic E-state index is 13.2. The lowest BCUT2D eigenvalue weighted by Crippen LogP contribution is -2.55. The Morgan fingerprint density at radius 1 is 1.06 bits per heavy atom. The van der Waals surface area contributed by atoms with Crippen molar-refractivity contribution in [2.24, 2.45) is 0 Å². The monoisotopic (exact) mass is 453 g/mol. The number of carbonyl (C=O) groups excluding carboxylic acids is 1. The van der Waals surface area contributed by atoms with Gasteiger partial charge in [-0.2, -0.15) is 0 Å². The Morgan fingerprint density at radius 2 is 1.74 bits per heavy atom. The van der Waals surface area contributed by atoms with Crippen LogP contribution in [-0.4, -0.2) is 36.8 Å². The van der Waals surface area contributed by atoms with Gasteiger partial charge in [0.05, 0.1) is 27.6 Å². The van der Waals surface area contributed by atoms with Crippen LogP contribution >= 0.6 is 0 Å². The number of nitrogens with zero attached hydrogens (tertiary/aromatic N) is 2. The summed E-state index contributed by atoms with van der Waals surface area (Å²) in [5, 5.41) is 28.4. The van der Waals surface area contributed by atoms with Crippen molar-refractivity contribution in [2.75, 3.05) is 0 Å². The van der Waals surface area contributed by atoms with Crippen LogP contribution in [0.15, 0.2) is 48.5 Å². The van der Waals surface area contributed by atoms with Crippen molar-refractivity contribution in [1.82, 2.24) is 14.5 Å². The Hall–Kier alpha value is -3.88. The first-order chi connectivity index (χ1) is 16.4. The molecule has 0 aliphatic carbocycles. The fraction of sp³-hybridized carbons (Fsp3) is 0.231. The highest BCUT2D eigenvalue weighted by Crippen LogP contribution is 2.57. The first-order valence-corrected chi connectivity index (χ1v) is 11.3. The van der Waals surface area contributed by atoms with E-state index in [2.05, 4.69) is 5.32 Å². The van der Waals surface area contributed by atoms with E-state index < -0.39 is 23.5 Å². The molecule has 0 unspecified atom stereocenters. The van der Waals surface area contributed by atoms with E-state index in [1.165, 1.54) is 0 Å². The van der Waals surface area contributed by atoms with Crippen LogP contribution in [-0.2, 0) is 21.8 Å². The third-order valence-electron chi connectivity index (χ3n) is 8.19. The predicted molar refractivity (Wildman–Crippen MR) is 125 cm³/mol. The Balaban J connectivity index is 1.77. The molecule has 3 aliphatic rings. The number of carboxylic acid groups (broad SMARTS) is 1. The van der Waals surface area contributed by atoms with Crippen LogP contribution in [0.3, 0.4) is 0 Å². The van der Waals surface area contributed by atoms with Gasteiger partial charge in [0.15, 0.2) is 5.72 Å². The van der Waals surface area contributed by atoms with Crippen molar-refractivity contribution < 1.29 is 24.5 Å². The number of aliphatic hydroxyl groups is 1. The maximum Gasteiger partial charge on any atom is 0.341 e. The molecule has 0 radical (unpaired) electrons. The fourth-order valence-corrected chi connectivity index (χ4v) is 6.73. The van der Waals surface area contributed by atoms with Gasteiger partial charge in [0, 0.05) is 34.5 Å². The molecule has 0 spiro atoms. The summed E-state index contributed by atoms with van der Waals surface area (Å²) in [6.07, 6.45) is -0.846. The first-order valence-electron chi connectivity index (χ1n) is 11.3. The zero-order valence-electron chi connectivity index (χ0n) is 18.1. The number of benzene rings is 3. The van der Waals surface area contributed by atoms with Gasteiger partial charge < -0.3 is 29.4 Å². The molecule has 3 N–H and O–H groups in total. The zero-order chi connectivity index (χ0) is 23.1. The van der Waals surface area contributed by atoms with Gasteiger partial charge >= 0.3 is 5.97 Å². The molecule has 3 atom stereocenters. The fourth-order valence-electron chi connectivity index (χ4n) is 6.73. The summed E-state index contributed by atoms with van der Waals surface area (Å²) in [6.45, 7) is 2.04. The number of hydrogen-bond acceptors (Lipinski definition) is 4. The summed E-state index contributed by atoms with van der Waals surface area (Å²) in [5.41, 5.74) is 1.05. The molecule has 0 saturated carbocycles. The molecule has 8 rings (SSSR count). The van der Waals surface area contributed by atoms with Crippen LogP contribution in [0.2, 0.25) is 0 Å². The molecule has 8 heteroatoms. The molecule has 168 valence electrons. The first kappa shape index (κ1) is 18.5. The van der Waals surface area contributed by atoms with E-state index >= 15 is 0 Å². The van der Waals surface area contributed by atoms with E-state index in [1.54, 1.807) is 6.92 Å². The van der Waals surface area contributed by atoms with Crippen molar-refractivity contribution >= 4 is 55.5 Å². The largest absolute Gasteiger partial charge is 0.479 e. The maximum atomic E-state index is 13.2. The van der Waals surface area contributed by atoms with E-state index in [4.69, 9.17) is 4.74 Å². The number of rotatable bonds is 1. The lowest BCUT2D eigenvalue weighted by atomic mass is 9.89. The molecule has 8 nitrogen and oxygen atoms in total. The second-order valence-electron chi connectivity index (χ2n) is 9.65. The number of hydrogen-bond donors (Lipinski definition) is 3. The SMILES string of the molecule is C[C@@]12O[C@H](C[C@]1(O)C(=O)O)n1c3ccccc3c3c4c(c5c6ccccc6n2c5c31)CNC4=O. The Bertz CT molecular complexity index is 1810. The normalized spacial score (nSPS) is 27.2. The molecule has 5 heterocycles. The minimum atomic E-state index is -2.16. The summed E-state index contributed by atoms with van der Waals surface area (Å²) in [5.74, 6) is -1.43. The summed E-state index contributed by atoms with van der Waals surface area (Å²) in [7, 11) is 0. The van der Waals surface area contributed by atoms with Gasteiger partial charge in [-0.3, -0.25) is 4.79 Å². The molecule has 1 saturated heterocycles. The van der Waals surface area contributed by atoms with Gasteiger partial charge in [-0.05, 0) is 24.6 Å². The second-order valence-corrected chi connectivity index (χ2v) is 9.65. The van der Waals surface area contributed by atoms with Gasteiger partial charge in [0.1, 0.15) is 6.23 Å². The molecule has 2 aromatic heterocycles. The molecule has 1 fully saturated rings. The Labute approximate surface area is 191 Å². The summed E-state index contributed by atoms with van der Waals surface area (Å²) in [6, 6.07) is 15.5. The molecule has 1 amide bonds. The van der Waals surface area contributed by atoms with Crippen LogP contribution in [0, 0.1) is 0 Å². The van der Waals surface area contributed by atoms with Gasteiger partial charge in [0.2, 0.25) is 5.60 Å². The highest BCUT2D eigenvalue weighted by molar-refractivity contribution is 6.31. The Morgan fingerprint density at radius 3 is 2.47 bits per heavy atom. The van der Waals surface area contributed by atoms with E-state index in [0.717, 1.165) is 49.2 Å². The van der Waals surface area contributed by atoms with Crippen molar-refractivity contribution in [2.45, 2.75) is 37.4 Å². The third-order valence-corrected chi connectivity index (χ3v) is 8.19. The summed E-state index contributed by atoms with van der Waals surface area (Å²) in [4.78, 5) is 25.7. The lowest BCUT2D eigenvalue weighted by molar-refractivity contribution is -0.200. The summed E-state index contributed by atoms with van der Waals surface area (Å²) < 4.78 is 10.4. The van der Waals surface area contributed by atoms with Crippen LogP contribution < -0.4 is 5.32 Å². The van der Waals surface area contributed by atoms with Gasteiger partial charge in [-0.1, -0.05) is 36.4 Å². The number of aliphatic carboxylic acids is 1. The zero-order valence-corrected chi connectivity index (χ0v) is 18.1. The molecule has 2 bridgehead atoms. The number of aromatic nitrogens is 2. The van der Waals surface area contributed by atoms with Crippen molar-refractivity contribution in [1.29, 1.82) is 0 Å². The highest BCUT2D eigenvalue weighted by Gasteiger charge is 2.65. The molecule has 3 aromatic carbocycles. The number of para-hydroxylation sites is 2. The quantitative estimate of drug-likeness (QED) is 0.360. The van der Waals surface area contributed by atoms with E-state index in [9.17, 15) is 19.8 Å². The molecular weight excluding hydrogens is 434 g/mol. The van der Waals surface area contributed by atoms with E-state index in [0.29, 0.717) is 12.1 Å². The number of carboxylic acids is 1.